The number of unbranched alkanes of at least 4 members (excludes halogenated alkanes) is 64. The predicted octanol–water partition coefficient (Wildman–Crippen LogP) is 26.7. The third kappa shape index (κ3) is 73.5. The summed E-state index contributed by atoms with van der Waals surface area (Å²) in [5.41, 5.74) is 0. The summed E-state index contributed by atoms with van der Waals surface area (Å²) < 4.78 is 5.52. The topological polar surface area (TPSA) is 95.9 Å². The van der Waals surface area contributed by atoms with Gasteiger partial charge in [0.2, 0.25) is 5.91 Å². The van der Waals surface area contributed by atoms with Crippen LogP contribution in [0.4, 0.5) is 0 Å². The fourth-order valence-electron chi connectivity index (χ4n) is 13.2. The summed E-state index contributed by atoms with van der Waals surface area (Å²) in [5, 5.41) is 23.4. The highest BCUT2D eigenvalue weighted by molar-refractivity contribution is 5.76. The lowest BCUT2D eigenvalue weighted by atomic mass is 10.0. The quantitative estimate of drug-likeness (QED) is 0.0320. The van der Waals surface area contributed by atoms with E-state index in [1.807, 2.05) is 0 Å². The van der Waals surface area contributed by atoms with E-state index < -0.39 is 12.1 Å². The van der Waals surface area contributed by atoms with Gasteiger partial charge in [0.05, 0.1) is 25.4 Å². The number of rotatable bonds is 77. The highest BCUT2D eigenvalue weighted by atomic mass is 16.5. The van der Waals surface area contributed by atoms with Gasteiger partial charge in [-0.15, -0.1) is 0 Å². The van der Waals surface area contributed by atoms with E-state index >= 15 is 0 Å². The van der Waals surface area contributed by atoms with Crippen LogP contribution in [0.2, 0.25) is 0 Å². The Balaban J connectivity index is 3.31. The Kier molecular flexibility index (Phi) is 75.8. The van der Waals surface area contributed by atoms with Gasteiger partial charge in [0, 0.05) is 12.8 Å². The minimum atomic E-state index is -0.661. The van der Waals surface area contributed by atoms with Crippen LogP contribution in [0.15, 0.2) is 12.2 Å². The number of esters is 1. The number of aliphatic hydroxyl groups is 2. The summed E-state index contributed by atoms with van der Waals surface area (Å²) in [6, 6.07) is -0.538. The van der Waals surface area contributed by atoms with Crippen molar-refractivity contribution < 1.29 is 24.5 Å². The Morgan fingerprint density at radius 2 is 0.540 bits per heavy atom. The summed E-state index contributed by atoms with van der Waals surface area (Å²) in [4.78, 5) is 24.7. The van der Waals surface area contributed by atoms with Crippen molar-refractivity contribution in [2.45, 2.75) is 482 Å². The second-order valence-electron chi connectivity index (χ2n) is 28.1. The second-order valence-corrected chi connectivity index (χ2v) is 28.1. The average Bonchev–Trinajstić information content (AvgIpc) is 3.53. The van der Waals surface area contributed by atoms with Crippen LogP contribution in [-0.4, -0.2) is 47.4 Å². The van der Waals surface area contributed by atoms with Crippen molar-refractivity contribution in [3.63, 3.8) is 0 Å². The van der Waals surface area contributed by atoms with Crippen molar-refractivity contribution in [2.75, 3.05) is 13.2 Å². The molecule has 0 saturated carbocycles. The minimum Gasteiger partial charge on any atom is -0.466 e. The SMILES string of the molecule is CCCCCCCCCCCCCCCCCCCCCC(=O)OCCCCCCCCCCCCCCCC/C=C\CCCCCCCCCCCCCCCCCCCC(=O)NC(CO)C(O)CCCCCCCCCCCCCCCCCC. The molecule has 0 heterocycles. The van der Waals surface area contributed by atoms with Crippen LogP contribution in [0.3, 0.4) is 0 Å². The lowest BCUT2D eigenvalue weighted by Crippen LogP contribution is -2.45. The van der Waals surface area contributed by atoms with E-state index in [2.05, 4.69) is 31.3 Å². The maximum atomic E-state index is 12.5. The maximum absolute atomic E-state index is 12.5. The third-order valence-electron chi connectivity index (χ3n) is 19.3. The Morgan fingerprint density at radius 3 is 0.816 bits per heavy atom. The molecular weight excluding hydrogens is 1070 g/mol. The molecule has 2 atom stereocenters. The molecule has 0 aromatic rings. The third-order valence-corrected chi connectivity index (χ3v) is 19.3. The standard InChI is InChI=1S/C81H159NO5/c1-3-5-7-9-11-13-15-17-19-21-39-43-47-51-55-59-63-67-71-75-81(86)87-76-72-68-64-60-56-52-48-44-41-38-36-34-32-30-28-26-24-22-23-25-27-29-31-33-35-37-40-42-46-50-54-58-62-66-70-74-80(85)82-78(77-83)79(84)73-69-65-61-57-53-49-45-20-18-16-14-12-10-8-6-4-2/h24,26,78-79,83-84H,3-23,25,27-77H2,1-2H3,(H,82,85)/b26-24-. The zero-order valence-corrected chi connectivity index (χ0v) is 59.5. The van der Waals surface area contributed by atoms with Crippen LogP contribution in [0.1, 0.15) is 470 Å². The van der Waals surface area contributed by atoms with E-state index in [4.69, 9.17) is 4.74 Å². The van der Waals surface area contributed by atoms with Crippen molar-refractivity contribution in [2.24, 2.45) is 0 Å². The van der Waals surface area contributed by atoms with Gasteiger partial charge in [-0.2, -0.15) is 0 Å². The molecule has 0 fully saturated rings. The fraction of sp³-hybridized carbons (Fsp3) is 0.951. The van der Waals surface area contributed by atoms with Crippen molar-refractivity contribution in [3.8, 4) is 0 Å². The lowest BCUT2D eigenvalue weighted by Gasteiger charge is -2.22. The zero-order chi connectivity index (χ0) is 62.8. The summed E-state index contributed by atoms with van der Waals surface area (Å²) >= 11 is 0. The van der Waals surface area contributed by atoms with Crippen molar-refractivity contribution in [3.05, 3.63) is 12.2 Å². The number of nitrogens with one attached hydrogen (secondary N) is 1. The maximum Gasteiger partial charge on any atom is 0.305 e. The van der Waals surface area contributed by atoms with E-state index in [-0.39, 0.29) is 18.5 Å². The molecule has 0 bridgehead atoms. The number of carbonyl (C=O) groups excluding carboxylic acids is 2. The first-order valence-corrected chi connectivity index (χ1v) is 40.4. The van der Waals surface area contributed by atoms with Crippen molar-refractivity contribution in [1.82, 2.24) is 5.32 Å². The summed E-state index contributed by atoms with van der Waals surface area (Å²) in [6.45, 7) is 5.01. The molecule has 0 saturated heterocycles. The molecule has 0 spiro atoms. The Morgan fingerprint density at radius 1 is 0.310 bits per heavy atom. The molecule has 3 N–H and O–H groups in total. The van der Waals surface area contributed by atoms with Gasteiger partial charge in [-0.25, -0.2) is 0 Å². The molecule has 0 aromatic heterocycles. The Labute approximate surface area is 546 Å². The van der Waals surface area contributed by atoms with E-state index in [9.17, 15) is 19.8 Å². The molecule has 0 radical (unpaired) electrons. The average molecular weight is 1230 g/mol. The van der Waals surface area contributed by atoms with Crippen LogP contribution in [0.5, 0.6) is 0 Å². The Bertz CT molecular complexity index is 1320. The zero-order valence-electron chi connectivity index (χ0n) is 59.5. The minimum absolute atomic E-state index is 0.0263. The molecule has 1 amide bonds. The number of hydrogen-bond donors (Lipinski definition) is 3. The molecule has 6 heteroatoms. The van der Waals surface area contributed by atoms with Gasteiger partial charge < -0.3 is 20.3 Å². The van der Waals surface area contributed by atoms with Crippen molar-refractivity contribution in [1.29, 1.82) is 0 Å². The van der Waals surface area contributed by atoms with Crippen LogP contribution in [0, 0.1) is 0 Å². The van der Waals surface area contributed by atoms with E-state index in [0.717, 1.165) is 38.5 Å². The highest BCUT2D eigenvalue weighted by Gasteiger charge is 2.20. The molecule has 2 unspecified atom stereocenters. The fourth-order valence-corrected chi connectivity index (χ4v) is 13.2. The van der Waals surface area contributed by atoms with Gasteiger partial charge in [0.25, 0.3) is 0 Å². The summed E-state index contributed by atoms with van der Waals surface area (Å²) in [5.74, 6) is -0.000727. The number of amides is 1. The van der Waals surface area contributed by atoms with Crippen molar-refractivity contribution >= 4 is 11.9 Å². The van der Waals surface area contributed by atoms with Crippen LogP contribution in [0.25, 0.3) is 0 Å². The summed E-state index contributed by atoms with van der Waals surface area (Å²) in [6.07, 6.45) is 97.5. The largest absolute Gasteiger partial charge is 0.466 e. The first kappa shape index (κ1) is 85.6. The number of aliphatic hydroxyl groups excluding tert-OH is 2. The molecular formula is C81H159NO5. The van der Waals surface area contributed by atoms with E-state index in [1.54, 1.807) is 0 Å². The predicted molar refractivity (Wildman–Crippen MR) is 384 cm³/mol. The van der Waals surface area contributed by atoms with E-state index in [0.29, 0.717) is 25.9 Å². The smallest absolute Gasteiger partial charge is 0.305 e. The second kappa shape index (κ2) is 77.1. The van der Waals surface area contributed by atoms with Gasteiger partial charge in [0.15, 0.2) is 0 Å². The molecule has 0 aliphatic carbocycles. The molecule has 0 rings (SSSR count). The van der Waals surface area contributed by atoms with Crippen LogP contribution >= 0.6 is 0 Å². The highest BCUT2D eigenvalue weighted by Crippen LogP contribution is 2.20. The normalized spacial score (nSPS) is 12.5. The van der Waals surface area contributed by atoms with Gasteiger partial charge in [-0.1, -0.05) is 418 Å². The number of ether oxygens (including phenoxy) is 1. The van der Waals surface area contributed by atoms with E-state index in [1.165, 1.54) is 398 Å². The van der Waals surface area contributed by atoms with Gasteiger partial charge in [0.1, 0.15) is 0 Å². The first-order chi connectivity index (χ1) is 43.0. The summed E-state index contributed by atoms with van der Waals surface area (Å²) in [7, 11) is 0. The molecule has 0 aromatic carbocycles. The van der Waals surface area contributed by atoms with Crippen LogP contribution in [-0.2, 0) is 14.3 Å². The molecule has 0 aliphatic heterocycles. The number of allylic oxidation sites excluding steroid dienone is 2. The molecule has 0 aliphatic rings. The van der Waals surface area contributed by atoms with Gasteiger partial charge in [-0.05, 0) is 51.4 Å². The van der Waals surface area contributed by atoms with Crippen LogP contribution < -0.4 is 5.32 Å². The monoisotopic (exact) mass is 1230 g/mol. The number of hydrogen-bond acceptors (Lipinski definition) is 5. The van der Waals surface area contributed by atoms with Gasteiger partial charge >= 0.3 is 5.97 Å². The number of carbonyl (C=O) groups is 2. The molecule has 518 valence electrons. The molecule has 6 nitrogen and oxygen atoms in total. The molecule has 87 heavy (non-hydrogen) atoms. The Hall–Kier alpha value is -1.40. The van der Waals surface area contributed by atoms with Gasteiger partial charge in [-0.3, -0.25) is 9.59 Å². The lowest BCUT2D eigenvalue weighted by molar-refractivity contribution is -0.143. The first-order valence-electron chi connectivity index (χ1n) is 40.4.